The van der Waals surface area contributed by atoms with Crippen LogP contribution in [0.2, 0.25) is 0 Å². The molecule has 0 saturated carbocycles. The number of amides is 1. The Kier molecular flexibility index (Phi) is 12.6. The maximum Gasteiger partial charge on any atom is 0.216 e. The van der Waals surface area contributed by atoms with Crippen LogP contribution < -0.4 is 5.32 Å². The predicted octanol–water partition coefficient (Wildman–Crippen LogP) is 1.33. The van der Waals surface area contributed by atoms with Crippen LogP contribution in [0, 0.1) is 0 Å². The molecular weight excluding hydrogens is 114 g/mol. The summed E-state index contributed by atoms with van der Waals surface area (Å²) in [4.78, 5) is 9.70. The second kappa shape index (κ2) is 10.2. The summed E-state index contributed by atoms with van der Waals surface area (Å²) in [6.45, 7) is 5.47. The lowest BCUT2D eigenvalue weighted by Gasteiger charge is -1.80. The number of hydrogen-bond acceptors (Lipinski definition) is 1. The first kappa shape index (κ1) is 11.1. The summed E-state index contributed by atoms with van der Waals surface area (Å²) < 4.78 is 0. The van der Waals surface area contributed by atoms with E-state index in [2.05, 4.69) is 5.32 Å². The number of allylic oxidation sites excluding steroid dienone is 2. The van der Waals surface area contributed by atoms with Crippen molar-refractivity contribution in [1.82, 2.24) is 5.32 Å². The first-order chi connectivity index (χ1) is 4.18. The molecule has 9 heavy (non-hydrogen) atoms. The largest absolute Gasteiger partial charge is 0.359 e. The second-order valence-electron chi connectivity index (χ2n) is 1.47. The van der Waals surface area contributed by atoms with Crippen molar-refractivity contribution in [3.8, 4) is 0 Å². The van der Waals surface area contributed by atoms with Crippen molar-refractivity contribution in [1.29, 1.82) is 0 Å². The fourth-order valence-corrected chi connectivity index (χ4v) is 0. The molecule has 1 amide bonds. The van der Waals surface area contributed by atoms with Gasteiger partial charge in [0.15, 0.2) is 0 Å². The van der Waals surface area contributed by atoms with Gasteiger partial charge in [-0.1, -0.05) is 12.2 Å². The maximum atomic E-state index is 9.70. The average molecular weight is 129 g/mol. The molecule has 0 atom stereocenters. The third-order valence-corrected chi connectivity index (χ3v) is 0.685. The SMILES string of the molecule is C/C=C/C.CNC(C)=O. The normalized spacial score (nSPS) is 8.00. The Morgan fingerprint density at radius 2 is 1.56 bits per heavy atom. The highest BCUT2D eigenvalue weighted by Gasteiger charge is 1.72. The molecule has 0 heterocycles. The summed E-state index contributed by atoms with van der Waals surface area (Å²) in [6, 6.07) is 0. The Labute approximate surface area is 57.0 Å². The minimum atomic E-state index is 0.00463. The van der Waals surface area contributed by atoms with Gasteiger partial charge >= 0.3 is 0 Å². The van der Waals surface area contributed by atoms with Crippen LogP contribution in [0.1, 0.15) is 20.8 Å². The Morgan fingerprint density at radius 3 is 1.56 bits per heavy atom. The Hall–Kier alpha value is -0.790. The summed E-state index contributed by atoms with van der Waals surface area (Å²) in [5.74, 6) is 0.00463. The van der Waals surface area contributed by atoms with Crippen molar-refractivity contribution in [3.05, 3.63) is 12.2 Å². The molecule has 54 valence electrons. The smallest absolute Gasteiger partial charge is 0.216 e. The van der Waals surface area contributed by atoms with Crippen LogP contribution in [0.3, 0.4) is 0 Å². The highest BCUT2D eigenvalue weighted by molar-refractivity contribution is 5.72. The van der Waals surface area contributed by atoms with E-state index in [9.17, 15) is 4.79 Å². The van der Waals surface area contributed by atoms with Crippen LogP contribution in [-0.2, 0) is 4.79 Å². The van der Waals surface area contributed by atoms with Crippen molar-refractivity contribution in [2.45, 2.75) is 20.8 Å². The van der Waals surface area contributed by atoms with Crippen LogP contribution >= 0.6 is 0 Å². The number of hydrogen-bond donors (Lipinski definition) is 1. The Balaban J connectivity index is 0. The monoisotopic (exact) mass is 129 g/mol. The second-order valence-corrected chi connectivity index (χ2v) is 1.47. The predicted molar refractivity (Wildman–Crippen MR) is 40.2 cm³/mol. The lowest BCUT2D eigenvalue weighted by Crippen LogP contribution is -2.11. The minimum absolute atomic E-state index is 0.00463. The highest BCUT2D eigenvalue weighted by atomic mass is 16.1. The molecule has 0 unspecified atom stereocenters. The van der Waals surface area contributed by atoms with Gasteiger partial charge in [0.1, 0.15) is 0 Å². The Morgan fingerprint density at radius 1 is 1.33 bits per heavy atom. The molecule has 0 aromatic carbocycles. The van der Waals surface area contributed by atoms with E-state index in [1.54, 1.807) is 7.05 Å². The van der Waals surface area contributed by atoms with Crippen molar-refractivity contribution in [3.63, 3.8) is 0 Å². The molecule has 0 aromatic rings. The van der Waals surface area contributed by atoms with E-state index in [0.717, 1.165) is 0 Å². The van der Waals surface area contributed by atoms with Crippen LogP contribution in [0.25, 0.3) is 0 Å². The van der Waals surface area contributed by atoms with Crippen molar-refractivity contribution in [2.24, 2.45) is 0 Å². The lowest BCUT2D eigenvalue weighted by molar-refractivity contribution is -0.118. The highest BCUT2D eigenvalue weighted by Crippen LogP contribution is 1.57. The van der Waals surface area contributed by atoms with Gasteiger partial charge in [-0.15, -0.1) is 0 Å². The number of rotatable bonds is 0. The standard InChI is InChI=1S/C4H8.C3H7NO/c1-3-4-2;1-3(5)4-2/h3-4H,1-2H3;1-2H3,(H,4,5)/b4-3+;. The van der Waals surface area contributed by atoms with Crippen molar-refractivity contribution < 1.29 is 4.79 Å². The lowest BCUT2D eigenvalue weighted by atomic mass is 10.6. The molecule has 0 radical (unpaired) electrons. The van der Waals surface area contributed by atoms with Gasteiger partial charge in [-0.05, 0) is 13.8 Å². The van der Waals surface area contributed by atoms with Crippen molar-refractivity contribution >= 4 is 5.91 Å². The van der Waals surface area contributed by atoms with Gasteiger partial charge in [0.2, 0.25) is 5.91 Å². The molecule has 0 aliphatic carbocycles. The van der Waals surface area contributed by atoms with E-state index < -0.39 is 0 Å². The summed E-state index contributed by atoms with van der Waals surface area (Å²) in [6.07, 6.45) is 4.00. The Bertz CT molecular complexity index is 82.9. The number of nitrogens with one attached hydrogen (secondary N) is 1. The van der Waals surface area contributed by atoms with E-state index >= 15 is 0 Å². The molecule has 2 nitrogen and oxygen atoms in total. The van der Waals surface area contributed by atoms with Crippen LogP contribution in [-0.4, -0.2) is 13.0 Å². The fraction of sp³-hybridized carbons (Fsp3) is 0.571. The molecule has 0 bridgehead atoms. The van der Waals surface area contributed by atoms with E-state index in [0.29, 0.717) is 0 Å². The molecule has 0 aromatic heterocycles. The van der Waals surface area contributed by atoms with Crippen LogP contribution in [0.5, 0.6) is 0 Å². The van der Waals surface area contributed by atoms with E-state index in [4.69, 9.17) is 0 Å². The van der Waals surface area contributed by atoms with Gasteiger partial charge in [0.05, 0.1) is 0 Å². The molecule has 1 N–H and O–H groups in total. The topological polar surface area (TPSA) is 29.1 Å². The van der Waals surface area contributed by atoms with Gasteiger partial charge in [0.25, 0.3) is 0 Å². The average Bonchev–Trinajstić information content (AvgIpc) is 1.89. The minimum Gasteiger partial charge on any atom is -0.359 e. The molecule has 0 spiro atoms. The zero-order valence-electron chi connectivity index (χ0n) is 6.56. The van der Waals surface area contributed by atoms with Gasteiger partial charge in [0, 0.05) is 14.0 Å². The molecule has 0 fully saturated rings. The molecule has 0 rings (SSSR count). The fourth-order valence-electron chi connectivity index (χ4n) is 0. The number of carbonyl (C=O) groups is 1. The summed E-state index contributed by atoms with van der Waals surface area (Å²) in [7, 11) is 1.60. The van der Waals surface area contributed by atoms with Crippen LogP contribution in [0.4, 0.5) is 0 Å². The molecule has 0 aliphatic heterocycles. The van der Waals surface area contributed by atoms with Gasteiger partial charge in [-0.3, -0.25) is 4.79 Å². The maximum absolute atomic E-state index is 9.70. The van der Waals surface area contributed by atoms with Crippen LogP contribution in [0.15, 0.2) is 12.2 Å². The zero-order chi connectivity index (χ0) is 7.70. The van der Waals surface area contributed by atoms with E-state index in [-0.39, 0.29) is 5.91 Å². The van der Waals surface area contributed by atoms with Crippen molar-refractivity contribution in [2.75, 3.05) is 7.05 Å². The summed E-state index contributed by atoms with van der Waals surface area (Å²) in [5.41, 5.74) is 0. The van der Waals surface area contributed by atoms with Gasteiger partial charge < -0.3 is 5.32 Å². The first-order valence-corrected chi connectivity index (χ1v) is 2.94. The molecular formula is C7H15NO. The van der Waals surface area contributed by atoms with Gasteiger partial charge in [-0.25, -0.2) is 0 Å². The first-order valence-electron chi connectivity index (χ1n) is 2.94. The summed E-state index contributed by atoms with van der Waals surface area (Å²) >= 11 is 0. The quantitative estimate of drug-likeness (QED) is 0.491. The third-order valence-electron chi connectivity index (χ3n) is 0.685. The third kappa shape index (κ3) is 40.1. The zero-order valence-corrected chi connectivity index (χ0v) is 6.56. The van der Waals surface area contributed by atoms with Gasteiger partial charge in [-0.2, -0.15) is 0 Å². The summed E-state index contributed by atoms with van der Waals surface area (Å²) in [5, 5.41) is 2.39. The van der Waals surface area contributed by atoms with E-state index in [1.165, 1.54) is 6.92 Å². The molecule has 0 saturated heterocycles. The number of carbonyl (C=O) groups excluding carboxylic acids is 1. The molecule has 2 heteroatoms. The van der Waals surface area contributed by atoms with E-state index in [1.807, 2.05) is 26.0 Å². The molecule has 0 aliphatic rings.